The number of alkyl halides is 1. The maximum atomic E-state index is 5.42. The molecule has 0 unspecified atom stereocenters. The van der Waals surface area contributed by atoms with Gasteiger partial charge < -0.3 is 9.64 Å². The number of anilines is 1. The van der Waals surface area contributed by atoms with Crippen LogP contribution in [0.3, 0.4) is 0 Å². The van der Waals surface area contributed by atoms with E-state index in [0.29, 0.717) is 6.04 Å². The minimum absolute atomic E-state index is 0.593. The summed E-state index contributed by atoms with van der Waals surface area (Å²) in [5, 5.41) is 0.892. The Kier molecular flexibility index (Phi) is 4.88. The van der Waals surface area contributed by atoms with E-state index in [-0.39, 0.29) is 0 Å². The van der Waals surface area contributed by atoms with Crippen LogP contribution in [0.2, 0.25) is 0 Å². The molecule has 4 heteroatoms. The highest BCUT2D eigenvalue weighted by atomic mass is 79.9. The van der Waals surface area contributed by atoms with Crippen molar-refractivity contribution in [1.29, 1.82) is 0 Å². The third kappa shape index (κ3) is 3.24. The second-order valence-corrected chi connectivity index (χ2v) is 5.84. The van der Waals surface area contributed by atoms with Crippen molar-refractivity contribution < 1.29 is 4.74 Å². The molecule has 0 atom stereocenters. The summed E-state index contributed by atoms with van der Waals surface area (Å²) < 4.78 is 6.56. The summed E-state index contributed by atoms with van der Waals surface area (Å²) in [6.07, 6.45) is 2.23. The Bertz CT molecular complexity index is 378. The van der Waals surface area contributed by atoms with Gasteiger partial charge in [-0.05, 0) is 30.5 Å². The van der Waals surface area contributed by atoms with Gasteiger partial charge in [0.1, 0.15) is 0 Å². The Hall–Kier alpha value is -0.0600. The molecular weight excluding hydrogens is 346 g/mol. The molecule has 1 saturated heterocycles. The minimum Gasteiger partial charge on any atom is -0.381 e. The van der Waals surface area contributed by atoms with Gasteiger partial charge in [-0.15, -0.1) is 0 Å². The van der Waals surface area contributed by atoms with Crippen molar-refractivity contribution in [2.45, 2.75) is 24.2 Å². The number of hydrogen-bond acceptors (Lipinski definition) is 2. The Labute approximate surface area is 120 Å². The van der Waals surface area contributed by atoms with E-state index in [4.69, 9.17) is 4.74 Å². The van der Waals surface area contributed by atoms with Crippen LogP contribution in [0, 0.1) is 0 Å². The molecular formula is C13H17Br2NO. The number of rotatable bonds is 3. The molecule has 0 saturated carbocycles. The van der Waals surface area contributed by atoms with E-state index in [2.05, 4.69) is 62.0 Å². The fraction of sp³-hybridized carbons (Fsp3) is 0.538. The number of hydrogen-bond donors (Lipinski definition) is 0. The molecule has 1 heterocycles. The highest BCUT2D eigenvalue weighted by molar-refractivity contribution is 9.10. The summed E-state index contributed by atoms with van der Waals surface area (Å²) in [6.45, 7) is 1.76. The summed E-state index contributed by atoms with van der Waals surface area (Å²) >= 11 is 7.11. The number of ether oxygens (including phenoxy) is 1. The zero-order valence-corrected chi connectivity index (χ0v) is 13.1. The zero-order valence-electron chi connectivity index (χ0n) is 9.96. The molecule has 0 radical (unpaired) electrons. The first-order valence-corrected chi connectivity index (χ1v) is 7.79. The maximum absolute atomic E-state index is 5.42. The lowest BCUT2D eigenvalue weighted by molar-refractivity contribution is 0.0854. The third-order valence-electron chi connectivity index (χ3n) is 3.31. The second-order valence-electron chi connectivity index (χ2n) is 4.36. The molecule has 0 spiro atoms. The van der Waals surface area contributed by atoms with E-state index in [1.54, 1.807) is 0 Å². The smallest absolute Gasteiger partial charge is 0.0485 e. The van der Waals surface area contributed by atoms with Crippen molar-refractivity contribution in [3.63, 3.8) is 0 Å². The molecule has 1 aliphatic heterocycles. The van der Waals surface area contributed by atoms with Gasteiger partial charge >= 0.3 is 0 Å². The predicted molar refractivity (Wildman–Crippen MR) is 79.0 cm³/mol. The Balaban J connectivity index is 2.21. The van der Waals surface area contributed by atoms with Gasteiger partial charge in [-0.3, -0.25) is 0 Å². The summed E-state index contributed by atoms with van der Waals surface area (Å²) in [6, 6.07) is 7.06. The Morgan fingerprint density at radius 2 is 2.06 bits per heavy atom. The van der Waals surface area contributed by atoms with Crippen molar-refractivity contribution in [2.75, 3.05) is 25.2 Å². The number of nitrogens with zero attached hydrogens (tertiary/aromatic N) is 1. The molecule has 0 amide bonds. The second kappa shape index (κ2) is 6.21. The van der Waals surface area contributed by atoms with Crippen molar-refractivity contribution in [3.05, 3.63) is 28.2 Å². The normalized spacial score (nSPS) is 17.1. The largest absolute Gasteiger partial charge is 0.381 e. The van der Waals surface area contributed by atoms with Crippen LogP contribution >= 0.6 is 31.9 Å². The highest BCUT2D eigenvalue weighted by Crippen LogP contribution is 2.29. The van der Waals surface area contributed by atoms with Gasteiger partial charge in [0.25, 0.3) is 0 Å². The fourth-order valence-corrected chi connectivity index (χ4v) is 3.07. The van der Waals surface area contributed by atoms with Gasteiger partial charge in [-0.1, -0.05) is 37.9 Å². The highest BCUT2D eigenvalue weighted by Gasteiger charge is 2.20. The molecule has 1 aliphatic rings. The van der Waals surface area contributed by atoms with Crippen molar-refractivity contribution in [1.82, 2.24) is 0 Å². The monoisotopic (exact) mass is 361 g/mol. The Morgan fingerprint density at radius 1 is 1.35 bits per heavy atom. The molecule has 1 fully saturated rings. The summed E-state index contributed by atoms with van der Waals surface area (Å²) in [5.41, 5.74) is 2.64. The molecule has 2 rings (SSSR count). The van der Waals surface area contributed by atoms with E-state index >= 15 is 0 Å². The van der Waals surface area contributed by atoms with Gasteiger partial charge in [-0.25, -0.2) is 0 Å². The minimum atomic E-state index is 0.593. The lowest BCUT2D eigenvalue weighted by atomic mass is 10.1. The molecule has 0 aliphatic carbocycles. The third-order valence-corrected chi connectivity index (χ3v) is 4.41. The van der Waals surface area contributed by atoms with Crippen LogP contribution in [0.1, 0.15) is 18.4 Å². The lowest BCUT2D eigenvalue weighted by Crippen LogP contribution is -2.37. The van der Waals surface area contributed by atoms with Crippen molar-refractivity contribution in [3.8, 4) is 0 Å². The van der Waals surface area contributed by atoms with Crippen LogP contribution in [0.15, 0.2) is 22.7 Å². The predicted octanol–water partition coefficient (Wildman–Crippen LogP) is 3.96. The van der Waals surface area contributed by atoms with E-state index in [1.165, 1.54) is 11.3 Å². The van der Waals surface area contributed by atoms with Crippen LogP contribution in [0.4, 0.5) is 5.69 Å². The summed E-state index contributed by atoms with van der Waals surface area (Å²) in [5.74, 6) is 0. The first kappa shape index (κ1) is 13.4. The van der Waals surface area contributed by atoms with E-state index in [0.717, 1.165) is 35.9 Å². The quantitative estimate of drug-likeness (QED) is 0.754. The van der Waals surface area contributed by atoms with Crippen molar-refractivity contribution >= 4 is 37.5 Å². The van der Waals surface area contributed by atoms with Gasteiger partial charge in [-0.2, -0.15) is 0 Å². The van der Waals surface area contributed by atoms with Crippen LogP contribution in [-0.2, 0) is 10.1 Å². The summed E-state index contributed by atoms with van der Waals surface area (Å²) in [7, 11) is 2.18. The molecule has 0 N–H and O–H groups in total. The van der Waals surface area contributed by atoms with Crippen molar-refractivity contribution in [2.24, 2.45) is 0 Å². The number of halogens is 2. The van der Waals surface area contributed by atoms with E-state index in [9.17, 15) is 0 Å². The topological polar surface area (TPSA) is 12.5 Å². The van der Waals surface area contributed by atoms with Gasteiger partial charge in [0.2, 0.25) is 0 Å². The van der Waals surface area contributed by atoms with E-state index < -0.39 is 0 Å². The first-order valence-electron chi connectivity index (χ1n) is 5.87. The van der Waals surface area contributed by atoms with Crippen LogP contribution in [-0.4, -0.2) is 26.3 Å². The molecule has 2 nitrogen and oxygen atoms in total. The molecule has 1 aromatic rings. The van der Waals surface area contributed by atoms with E-state index in [1.807, 2.05) is 0 Å². The Morgan fingerprint density at radius 3 is 2.71 bits per heavy atom. The average molecular weight is 363 g/mol. The average Bonchev–Trinajstić information content (AvgIpc) is 2.39. The zero-order chi connectivity index (χ0) is 12.3. The first-order chi connectivity index (χ1) is 8.22. The maximum Gasteiger partial charge on any atom is 0.0485 e. The molecule has 1 aromatic carbocycles. The van der Waals surface area contributed by atoms with Crippen LogP contribution < -0.4 is 4.90 Å². The molecule has 17 heavy (non-hydrogen) atoms. The van der Waals surface area contributed by atoms with Gasteiger partial charge in [0.05, 0.1) is 0 Å². The SMILES string of the molecule is CN(c1cc(Br)ccc1CBr)C1CCOCC1. The number of benzene rings is 1. The molecule has 94 valence electrons. The fourth-order valence-electron chi connectivity index (χ4n) is 2.25. The van der Waals surface area contributed by atoms with Crippen LogP contribution in [0.5, 0.6) is 0 Å². The van der Waals surface area contributed by atoms with Crippen LogP contribution in [0.25, 0.3) is 0 Å². The lowest BCUT2D eigenvalue weighted by Gasteiger charge is -2.34. The van der Waals surface area contributed by atoms with Gasteiger partial charge in [0, 0.05) is 41.8 Å². The summed E-state index contributed by atoms with van der Waals surface area (Å²) in [4.78, 5) is 2.39. The standard InChI is InChI=1S/C13H17Br2NO/c1-16(12-4-6-17-7-5-12)13-8-11(15)3-2-10(13)9-14/h2-3,8,12H,4-7,9H2,1H3. The molecule has 0 aromatic heterocycles. The van der Waals surface area contributed by atoms with Gasteiger partial charge in [0.15, 0.2) is 0 Å². The molecule has 0 bridgehead atoms.